The van der Waals surface area contributed by atoms with Gasteiger partial charge in [-0.15, -0.1) is 0 Å². The van der Waals surface area contributed by atoms with Crippen molar-refractivity contribution in [3.05, 3.63) is 72.2 Å². The molecule has 0 radical (unpaired) electrons. The van der Waals surface area contributed by atoms with Gasteiger partial charge in [-0.3, -0.25) is 19.3 Å². The van der Waals surface area contributed by atoms with Gasteiger partial charge in [0.2, 0.25) is 5.78 Å². The fourth-order valence-corrected chi connectivity index (χ4v) is 3.87. The lowest BCUT2D eigenvalue weighted by Gasteiger charge is -2.30. The van der Waals surface area contributed by atoms with Crippen LogP contribution in [0.1, 0.15) is 32.4 Å². The second-order valence-electron chi connectivity index (χ2n) is 8.53. The highest BCUT2D eigenvalue weighted by Crippen LogP contribution is 2.43. The number of Topliss-reactive ketones (excluding diaryl/α,β-unsaturated/α-hetero) is 2. The number of anilines is 1. The number of nitrogens with zero attached hydrogens (tertiary/aromatic N) is 2. The van der Waals surface area contributed by atoms with E-state index in [1.54, 1.807) is 57.2 Å². The number of carbonyl (C=O) groups is 3. The normalized spacial score (nSPS) is 19.2. The van der Waals surface area contributed by atoms with Crippen molar-refractivity contribution in [1.82, 2.24) is 5.16 Å². The van der Waals surface area contributed by atoms with Crippen molar-refractivity contribution in [3.8, 4) is 11.3 Å². The summed E-state index contributed by atoms with van der Waals surface area (Å²) < 4.78 is 19.6. The molecule has 1 saturated heterocycles. The molecule has 158 valence electrons. The summed E-state index contributed by atoms with van der Waals surface area (Å²) in [5.74, 6) is -3.93. The molecule has 1 aliphatic rings. The minimum absolute atomic E-state index is 0.130. The Bertz CT molecular complexity index is 1150. The molecule has 6 nitrogen and oxygen atoms in total. The van der Waals surface area contributed by atoms with Crippen LogP contribution >= 0.6 is 0 Å². The molecule has 1 aromatic heterocycles. The van der Waals surface area contributed by atoms with Crippen molar-refractivity contribution in [2.24, 2.45) is 11.3 Å². The molecule has 4 rings (SSSR count). The molecule has 31 heavy (non-hydrogen) atoms. The van der Waals surface area contributed by atoms with Gasteiger partial charge >= 0.3 is 0 Å². The van der Waals surface area contributed by atoms with Crippen LogP contribution < -0.4 is 4.90 Å². The first-order valence-electron chi connectivity index (χ1n) is 9.87. The van der Waals surface area contributed by atoms with Crippen LogP contribution in [0.2, 0.25) is 0 Å². The number of halogens is 1. The number of hydrogen-bond acceptors (Lipinski definition) is 5. The van der Waals surface area contributed by atoms with Crippen LogP contribution in [-0.2, 0) is 14.4 Å². The van der Waals surface area contributed by atoms with Gasteiger partial charge in [-0.1, -0.05) is 56.3 Å². The van der Waals surface area contributed by atoms with E-state index in [9.17, 15) is 18.8 Å². The molecule has 7 heteroatoms. The lowest BCUT2D eigenvalue weighted by atomic mass is 9.77. The first-order chi connectivity index (χ1) is 14.7. The van der Waals surface area contributed by atoms with Crippen LogP contribution in [0.25, 0.3) is 11.3 Å². The number of carbonyl (C=O) groups excluding carboxylic acids is 3. The van der Waals surface area contributed by atoms with Gasteiger partial charge in [0, 0.05) is 28.3 Å². The van der Waals surface area contributed by atoms with Crippen LogP contribution in [0.15, 0.2) is 65.4 Å². The van der Waals surface area contributed by atoms with Crippen molar-refractivity contribution in [3.63, 3.8) is 0 Å². The highest BCUT2D eigenvalue weighted by molar-refractivity contribution is 6.48. The fraction of sp³-hybridized carbons (Fsp3) is 0.250. The molecule has 0 bridgehead atoms. The summed E-state index contributed by atoms with van der Waals surface area (Å²) in [4.78, 5) is 40.4. The molecule has 0 aliphatic carbocycles. The molecule has 2 unspecified atom stereocenters. The third kappa shape index (κ3) is 3.56. The van der Waals surface area contributed by atoms with Crippen molar-refractivity contribution >= 4 is 23.2 Å². The van der Waals surface area contributed by atoms with Gasteiger partial charge in [0.15, 0.2) is 5.78 Å². The molecular formula is C24H21FN2O4. The summed E-state index contributed by atoms with van der Waals surface area (Å²) in [6, 6.07) is 13.3. The van der Waals surface area contributed by atoms with E-state index in [-0.39, 0.29) is 5.56 Å². The lowest BCUT2D eigenvalue weighted by Crippen LogP contribution is -2.36. The second kappa shape index (κ2) is 7.58. The van der Waals surface area contributed by atoms with E-state index in [2.05, 4.69) is 5.16 Å². The number of aromatic nitrogens is 1. The van der Waals surface area contributed by atoms with E-state index in [4.69, 9.17) is 4.52 Å². The quantitative estimate of drug-likeness (QED) is 0.463. The molecule has 2 aromatic carbocycles. The average molecular weight is 420 g/mol. The van der Waals surface area contributed by atoms with Gasteiger partial charge in [0.1, 0.15) is 23.7 Å². The van der Waals surface area contributed by atoms with Crippen molar-refractivity contribution in [2.45, 2.75) is 26.8 Å². The Morgan fingerprint density at radius 1 is 1.03 bits per heavy atom. The van der Waals surface area contributed by atoms with E-state index in [0.29, 0.717) is 11.4 Å². The van der Waals surface area contributed by atoms with Gasteiger partial charge in [-0.05, 0) is 18.2 Å². The van der Waals surface area contributed by atoms with Gasteiger partial charge in [0.25, 0.3) is 5.91 Å². The average Bonchev–Trinajstić information content (AvgIpc) is 3.35. The minimum Gasteiger partial charge on any atom is -0.364 e. The SMILES string of the molecule is CC(C)(C)C(=O)C1C(=O)C(=O)N(c2ccc(-c3ccon3)cc2)C1c1ccccc1F. The topological polar surface area (TPSA) is 80.5 Å². The predicted octanol–water partition coefficient (Wildman–Crippen LogP) is 4.37. The van der Waals surface area contributed by atoms with Crippen molar-refractivity contribution in [1.29, 1.82) is 0 Å². The van der Waals surface area contributed by atoms with Crippen LogP contribution in [0.5, 0.6) is 0 Å². The Morgan fingerprint density at radius 3 is 2.29 bits per heavy atom. The highest BCUT2D eigenvalue weighted by Gasteiger charge is 2.54. The number of hydrogen-bond donors (Lipinski definition) is 0. The Balaban J connectivity index is 1.83. The summed E-state index contributed by atoms with van der Waals surface area (Å²) in [6.07, 6.45) is 1.45. The predicted molar refractivity (Wildman–Crippen MR) is 112 cm³/mol. The zero-order valence-electron chi connectivity index (χ0n) is 17.3. The number of ketones is 2. The van der Waals surface area contributed by atoms with Crippen LogP contribution in [0, 0.1) is 17.2 Å². The summed E-state index contributed by atoms with van der Waals surface area (Å²) in [6.45, 7) is 5.04. The lowest BCUT2D eigenvalue weighted by molar-refractivity contribution is -0.141. The maximum Gasteiger partial charge on any atom is 0.295 e. The first kappa shape index (κ1) is 20.7. The molecule has 0 saturated carbocycles. The van der Waals surface area contributed by atoms with Crippen LogP contribution in [0.4, 0.5) is 10.1 Å². The van der Waals surface area contributed by atoms with Gasteiger partial charge in [0.05, 0.1) is 6.04 Å². The maximum absolute atomic E-state index is 14.8. The largest absolute Gasteiger partial charge is 0.364 e. The highest BCUT2D eigenvalue weighted by atomic mass is 19.1. The third-order valence-corrected chi connectivity index (χ3v) is 5.43. The Hall–Kier alpha value is -3.61. The Kier molecular flexibility index (Phi) is 5.05. The van der Waals surface area contributed by atoms with Gasteiger partial charge in [-0.2, -0.15) is 0 Å². The van der Waals surface area contributed by atoms with E-state index in [0.717, 1.165) is 5.56 Å². The summed E-state index contributed by atoms with van der Waals surface area (Å²) in [5.41, 5.74) is 1.01. The maximum atomic E-state index is 14.8. The smallest absolute Gasteiger partial charge is 0.295 e. The molecule has 1 amide bonds. The first-order valence-corrected chi connectivity index (χ1v) is 9.87. The molecule has 1 aliphatic heterocycles. The number of rotatable bonds is 4. The standard InChI is InChI=1S/C24H21FN2O4/c1-24(2,3)22(29)19-20(16-6-4-5-7-17(16)25)27(23(30)21(19)28)15-10-8-14(9-11-15)18-12-13-31-26-18/h4-13,19-20H,1-3H3. The molecule has 2 atom stereocenters. The fourth-order valence-electron chi connectivity index (χ4n) is 3.87. The molecule has 1 fully saturated rings. The van der Waals surface area contributed by atoms with Crippen molar-refractivity contribution in [2.75, 3.05) is 4.90 Å². The monoisotopic (exact) mass is 420 g/mol. The summed E-state index contributed by atoms with van der Waals surface area (Å²) in [5, 5.41) is 3.87. The molecule has 0 N–H and O–H groups in total. The molecule has 0 spiro atoms. The number of amides is 1. The van der Waals surface area contributed by atoms with E-state index >= 15 is 0 Å². The second-order valence-corrected chi connectivity index (χ2v) is 8.53. The van der Waals surface area contributed by atoms with E-state index < -0.39 is 40.7 Å². The zero-order valence-corrected chi connectivity index (χ0v) is 17.3. The van der Waals surface area contributed by atoms with Gasteiger partial charge < -0.3 is 4.52 Å². The summed E-state index contributed by atoms with van der Waals surface area (Å²) in [7, 11) is 0. The van der Waals surface area contributed by atoms with Crippen LogP contribution in [0.3, 0.4) is 0 Å². The number of benzene rings is 2. The van der Waals surface area contributed by atoms with Crippen LogP contribution in [-0.4, -0.2) is 22.6 Å². The Labute approximate surface area is 178 Å². The Morgan fingerprint density at radius 2 is 1.71 bits per heavy atom. The molecular weight excluding hydrogens is 399 g/mol. The van der Waals surface area contributed by atoms with Gasteiger partial charge in [-0.25, -0.2) is 4.39 Å². The van der Waals surface area contributed by atoms with E-state index in [1.165, 1.54) is 29.4 Å². The third-order valence-electron chi connectivity index (χ3n) is 5.43. The van der Waals surface area contributed by atoms with Crippen molar-refractivity contribution < 1.29 is 23.3 Å². The molecule has 2 heterocycles. The molecule has 3 aromatic rings. The van der Waals surface area contributed by atoms with E-state index in [1.807, 2.05) is 0 Å². The summed E-state index contributed by atoms with van der Waals surface area (Å²) >= 11 is 0. The minimum atomic E-state index is -1.29. The zero-order chi connectivity index (χ0) is 22.3.